The summed E-state index contributed by atoms with van der Waals surface area (Å²) in [6.45, 7) is 0. The number of hydrogen-bond acceptors (Lipinski definition) is 2. The lowest BCUT2D eigenvalue weighted by Gasteiger charge is -2.11. The van der Waals surface area contributed by atoms with E-state index >= 15 is 0 Å². The molecule has 1 fully saturated rings. The van der Waals surface area contributed by atoms with Crippen molar-refractivity contribution in [2.24, 2.45) is 5.73 Å². The molecular weight excluding hydrogens is 412 g/mol. The molecule has 1 amide bonds. The highest BCUT2D eigenvalue weighted by Gasteiger charge is 2.38. The number of halogens is 6. The van der Waals surface area contributed by atoms with Crippen molar-refractivity contribution in [3.8, 4) is 16.8 Å². The molecule has 2 aromatic carbocycles. The van der Waals surface area contributed by atoms with Crippen molar-refractivity contribution in [2.75, 3.05) is 0 Å². The molecule has 0 radical (unpaired) electrons. The van der Waals surface area contributed by atoms with E-state index in [2.05, 4.69) is 5.10 Å². The van der Waals surface area contributed by atoms with Crippen LogP contribution in [-0.2, 0) is 6.18 Å². The molecule has 0 unspecified atom stereocenters. The van der Waals surface area contributed by atoms with E-state index in [4.69, 9.17) is 5.73 Å². The molecule has 30 heavy (non-hydrogen) atoms. The van der Waals surface area contributed by atoms with Crippen LogP contribution in [0, 0.1) is 17.5 Å². The van der Waals surface area contributed by atoms with Gasteiger partial charge in [-0.2, -0.15) is 18.3 Å². The average molecular weight is 425 g/mol. The fourth-order valence-corrected chi connectivity index (χ4v) is 3.24. The minimum Gasteiger partial charge on any atom is -0.365 e. The highest BCUT2D eigenvalue weighted by atomic mass is 19.4. The van der Waals surface area contributed by atoms with Crippen molar-refractivity contribution in [3.63, 3.8) is 0 Å². The van der Waals surface area contributed by atoms with E-state index in [0.717, 1.165) is 35.0 Å². The maximum atomic E-state index is 14.8. The molecule has 0 spiro atoms. The van der Waals surface area contributed by atoms with Crippen molar-refractivity contribution in [3.05, 3.63) is 70.8 Å². The minimum atomic E-state index is -4.69. The summed E-state index contributed by atoms with van der Waals surface area (Å²) >= 11 is 0. The van der Waals surface area contributed by atoms with Gasteiger partial charge < -0.3 is 5.73 Å². The second kappa shape index (κ2) is 6.89. The number of nitrogens with two attached hydrogens (primary N) is 1. The van der Waals surface area contributed by atoms with Crippen molar-refractivity contribution in [2.45, 2.75) is 24.9 Å². The van der Waals surface area contributed by atoms with Gasteiger partial charge in [0.1, 0.15) is 28.7 Å². The van der Waals surface area contributed by atoms with E-state index in [1.807, 2.05) is 0 Å². The molecule has 3 aromatic rings. The fraction of sp³-hybridized carbons (Fsp3) is 0.200. The van der Waals surface area contributed by atoms with Gasteiger partial charge in [0.2, 0.25) is 0 Å². The van der Waals surface area contributed by atoms with Crippen LogP contribution < -0.4 is 5.73 Å². The first-order chi connectivity index (χ1) is 14.1. The quantitative estimate of drug-likeness (QED) is 0.602. The topological polar surface area (TPSA) is 60.9 Å². The molecule has 4 rings (SSSR count). The Morgan fingerprint density at radius 1 is 1.03 bits per heavy atom. The first-order valence-corrected chi connectivity index (χ1v) is 8.83. The van der Waals surface area contributed by atoms with Gasteiger partial charge in [-0.25, -0.2) is 17.9 Å². The van der Waals surface area contributed by atoms with Gasteiger partial charge in [0.05, 0.1) is 0 Å². The molecule has 1 aliphatic carbocycles. The molecule has 0 saturated heterocycles. The van der Waals surface area contributed by atoms with Gasteiger partial charge in [-0.15, -0.1) is 0 Å². The number of primary amides is 1. The number of alkyl halides is 3. The average Bonchev–Trinajstić information content (AvgIpc) is 3.39. The first-order valence-electron chi connectivity index (χ1n) is 8.83. The zero-order valence-corrected chi connectivity index (χ0v) is 15.1. The van der Waals surface area contributed by atoms with Crippen LogP contribution in [-0.4, -0.2) is 15.7 Å². The van der Waals surface area contributed by atoms with E-state index < -0.39 is 40.8 Å². The third kappa shape index (κ3) is 3.42. The van der Waals surface area contributed by atoms with Crippen molar-refractivity contribution >= 4 is 5.91 Å². The van der Waals surface area contributed by atoms with Crippen LogP contribution in [0.15, 0.2) is 36.4 Å². The lowest BCUT2D eigenvalue weighted by molar-refractivity contribution is -0.141. The lowest BCUT2D eigenvalue weighted by Crippen LogP contribution is -2.16. The summed E-state index contributed by atoms with van der Waals surface area (Å²) in [5.74, 6) is -4.86. The maximum absolute atomic E-state index is 14.8. The predicted molar refractivity (Wildman–Crippen MR) is 94.4 cm³/mol. The number of rotatable bonds is 4. The Hall–Kier alpha value is -3.30. The Balaban J connectivity index is 1.80. The van der Waals surface area contributed by atoms with Crippen LogP contribution in [0.5, 0.6) is 0 Å². The fourth-order valence-electron chi connectivity index (χ4n) is 3.24. The molecule has 0 atom stereocenters. The standard InChI is InChI=1S/C20H13F6N3O/c21-12-5-4-11(18(23)17(12)19(27)30)10-3-6-14(13(22)7-10)29-15(9-1-2-9)8-16(28-29)20(24,25)26/h3-9H,1-2H2,(H2,27,30). The monoisotopic (exact) mass is 425 g/mol. The number of benzene rings is 2. The molecule has 156 valence electrons. The third-order valence-electron chi connectivity index (χ3n) is 4.85. The van der Waals surface area contributed by atoms with Crippen molar-refractivity contribution < 1.29 is 31.1 Å². The Morgan fingerprint density at radius 2 is 1.73 bits per heavy atom. The Bertz CT molecular complexity index is 1160. The molecule has 10 heteroatoms. The second-order valence-corrected chi connectivity index (χ2v) is 6.95. The van der Waals surface area contributed by atoms with Crippen LogP contribution in [0.4, 0.5) is 26.3 Å². The summed E-state index contributed by atoms with van der Waals surface area (Å²) < 4.78 is 83.1. The zero-order valence-electron chi connectivity index (χ0n) is 15.1. The van der Waals surface area contributed by atoms with Crippen LogP contribution >= 0.6 is 0 Å². The van der Waals surface area contributed by atoms with Crippen molar-refractivity contribution in [1.29, 1.82) is 0 Å². The SMILES string of the molecule is NC(=O)c1c(F)ccc(-c2ccc(-n3nc(C(F)(F)F)cc3C3CC3)c(F)c2)c1F. The van der Waals surface area contributed by atoms with Crippen molar-refractivity contribution in [1.82, 2.24) is 9.78 Å². The Labute approximate surface area is 165 Å². The number of amides is 1. The maximum Gasteiger partial charge on any atom is 0.435 e. The largest absolute Gasteiger partial charge is 0.435 e. The smallest absolute Gasteiger partial charge is 0.365 e. The van der Waals surface area contributed by atoms with Crippen LogP contribution in [0.2, 0.25) is 0 Å². The molecule has 4 nitrogen and oxygen atoms in total. The number of nitrogens with zero attached hydrogens (tertiary/aromatic N) is 2. The summed E-state index contributed by atoms with van der Waals surface area (Å²) in [4.78, 5) is 11.3. The van der Waals surface area contributed by atoms with Crippen LogP contribution in [0.3, 0.4) is 0 Å². The Morgan fingerprint density at radius 3 is 2.30 bits per heavy atom. The van der Waals surface area contributed by atoms with E-state index in [1.165, 1.54) is 6.07 Å². The molecule has 1 aromatic heterocycles. The zero-order chi connectivity index (χ0) is 21.8. The van der Waals surface area contributed by atoms with Gasteiger partial charge in [0.25, 0.3) is 5.91 Å². The molecular formula is C20H13F6N3O. The molecule has 1 aliphatic rings. The van der Waals surface area contributed by atoms with Gasteiger partial charge in [0, 0.05) is 17.2 Å². The number of carbonyl (C=O) groups excluding carboxylic acids is 1. The minimum absolute atomic E-state index is 0.0487. The van der Waals surface area contributed by atoms with Gasteiger partial charge in [-0.3, -0.25) is 4.79 Å². The molecule has 0 bridgehead atoms. The van der Waals surface area contributed by atoms with Gasteiger partial charge in [0.15, 0.2) is 5.69 Å². The first kappa shape index (κ1) is 20.0. The predicted octanol–water partition coefficient (Wildman–Crippen LogP) is 4.95. The second-order valence-electron chi connectivity index (χ2n) is 6.95. The van der Waals surface area contributed by atoms with Gasteiger partial charge in [-0.05, 0) is 48.7 Å². The van der Waals surface area contributed by atoms with E-state index in [9.17, 15) is 31.1 Å². The van der Waals surface area contributed by atoms with E-state index in [-0.39, 0.29) is 28.4 Å². The van der Waals surface area contributed by atoms with Gasteiger partial charge in [-0.1, -0.05) is 6.07 Å². The summed E-state index contributed by atoms with van der Waals surface area (Å²) in [5.41, 5.74) is 2.55. The number of carbonyl (C=O) groups is 1. The summed E-state index contributed by atoms with van der Waals surface area (Å²) in [7, 11) is 0. The lowest BCUT2D eigenvalue weighted by atomic mass is 10.0. The van der Waals surface area contributed by atoms with Crippen LogP contribution in [0.1, 0.15) is 40.5 Å². The molecule has 1 saturated carbocycles. The van der Waals surface area contributed by atoms with Crippen LogP contribution in [0.25, 0.3) is 16.8 Å². The number of aromatic nitrogens is 2. The van der Waals surface area contributed by atoms with Gasteiger partial charge >= 0.3 is 6.18 Å². The summed E-state index contributed by atoms with van der Waals surface area (Å²) in [6.07, 6.45) is -3.35. The Kier molecular flexibility index (Phi) is 4.59. The summed E-state index contributed by atoms with van der Waals surface area (Å²) in [5, 5.41) is 3.51. The van der Waals surface area contributed by atoms with E-state index in [1.54, 1.807) is 0 Å². The number of hydrogen-bond donors (Lipinski definition) is 1. The normalized spacial score (nSPS) is 14.2. The molecule has 1 heterocycles. The molecule has 2 N–H and O–H groups in total. The third-order valence-corrected chi connectivity index (χ3v) is 4.85. The highest BCUT2D eigenvalue weighted by molar-refractivity contribution is 5.95. The summed E-state index contributed by atoms with van der Waals surface area (Å²) in [6, 6.07) is 5.99. The highest BCUT2D eigenvalue weighted by Crippen LogP contribution is 2.43. The van der Waals surface area contributed by atoms with E-state index in [0.29, 0.717) is 12.8 Å². The molecule has 0 aliphatic heterocycles.